The minimum Gasteiger partial charge on any atom is -0.345 e. The summed E-state index contributed by atoms with van der Waals surface area (Å²) in [5, 5.41) is 17.0. The Morgan fingerprint density at radius 1 is 1.31 bits per heavy atom. The van der Waals surface area contributed by atoms with Gasteiger partial charge in [-0.05, 0) is 12.1 Å². The normalized spacial score (nSPS) is 10.5. The van der Waals surface area contributed by atoms with Crippen molar-refractivity contribution >= 4 is 51.6 Å². The maximum Gasteiger partial charge on any atom is 0.253 e. The van der Waals surface area contributed by atoms with Crippen LogP contribution < -0.4 is 10.6 Å². The molecule has 29 heavy (non-hydrogen) atoms. The molecule has 3 aromatic rings. The fourth-order valence-corrected chi connectivity index (χ4v) is 3.87. The molecule has 0 aliphatic carbocycles. The van der Waals surface area contributed by atoms with Gasteiger partial charge in [0.25, 0.3) is 5.91 Å². The molecule has 0 aliphatic rings. The number of nitrogens with zero attached hydrogens (tertiary/aromatic N) is 4. The van der Waals surface area contributed by atoms with Gasteiger partial charge in [-0.2, -0.15) is 0 Å². The average Bonchev–Trinajstić information content (AvgIpc) is 3.35. The van der Waals surface area contributed by atoms with Crippen molar-refractivity contribution in [3.63, 3.8) is 0 Å². The zero-order valence-corrected chi connectivity index (χ0v) is 17.6. The molecule has 0 unspecified atom stereocenters. The molecule has 1 aromatic carbocycles. The van der Waals surface area contributed by atoms with Crippen LogP contribution in [-0.4, -0.2) is 37.3 Å². The number of thiazole rings is 1. The van der Waals surface area contributed by atoms with Gasteiger partial charge in [-0.15, -0.1) is 28.1 Å². The van der Waals surface area contributed by atoms with Crippen molar-refractivity contribution in [1.29, 1.82) is 0 Å². The molecular formula is C18H17ClN6O2S2. The summed E-state index contributed by atoms with van der Waals surface area (Å²) in [4.78, 5) is 28.4. The lowest BCUT2D eigenvalue weighted by Crippen LogP contribution is -2.25. The van der Waals surface area contributed by atoms with E-state index in [-0.39, 0.29) is 24.1 Å². The van der Waals surface area contributed by atoms with Crippen LogP contribution in [0.5, 0.6) is 0 Å². The number of amides is 2. The summed E-state index contributed by atoms with van der Waals surface area (Å²) in [6.45, 7) is 4.35. The van der Waals surface area contributed by atoms with Gasteiger partial charge in [0.1, 0.15) is 0 Å². The van der Waals surface area contributed by atoms with E-state index in [9.17, 15) is 9.59 Å². The summed E-state index contributed by atoms with van der Waals surface area (Å²) in [6, 6.07) is 6.80. The number of halogens is 1. The maximum absolute atomic E-state index is 12.3. The third kappa shape index (κ3) is 5.66. The van der Waals surface area contributed by atoms with Crippen LogP contribution in [0, 0.1) is 0 Å². The number of hydrogen-bond acceptors (Lipinski definition) is 7. The Morgan fingerprint density at radius 2 is 2.14 bits per heavy atom. The monoisotopic (exact) mass is 448 g/mol. The maximum atomic E-state index is 12.3. The van der Waals surface area contributed by atoms with Crippen molar-refractivity contribution in [1.82, 2.24) is 25.1 Å². The third-order valence-corrected chi connectivity index (χ3v) is 5.63. The molecule has 11 heteroatoms. The zero-order valence-electron chi connectivity index (χ0n) is 15.2. The van der Waals surface area contributed by atoms with E-state index in [0.717, 1.165) is 0 Å². The van der Waals surface area contributed by atoms with Crippen molar-refractivity contribution in [2.75, 3.05) is 11.1 Å². The van der Waals surface area contributed by atoms with Gasteiger partial charge in [-0.25, -0.2) is 4.98 Å². The number of aromatic nitrogens is 4. The quantitative estimate of drug-likeness (QED) is 0.385. The van der Waals surface area contributed by atoms with Crippen molar-refractivity contribution in [3.05, 3.63) is 64.9 Å². The smallest absolute Gasteiger partial charge is 0.253 e. The molecule has 0 bridgehead atoms. The number of hydrogen-bond donors (Lipinski definition) is 2. The van der Waals surface area contributed by atoms with Gasteiger partial charge in [-0.3, -0.25) is 9.59 Å². The molecule has 0 aliphatic heterocycles. The van der Waals surface area contributed by atoms with Crippen LogP contribution in [0.15, 0.2) is 53.7 Å². The average molecular weight is 449 g/mol. The molecule has 0 fully saturated rings. The van der Waals surface area contributed by atoms with E-state index < -0.39 is 0 Å². The van der Waals surface area contributed by atoms with Crippen LogP contribution in [0.1, 0.15) is 16.2 Å². The van der Waals surface area contributed by atoms with Gasteiger partial charge >= 0.3 is 0 Å². The molecular weight excluding hydrogens is 432 g/mol. The Morgan fingerprint density at radius 3 is 2.86 bits per heavy atom. The second-order valence-electron chi connectivity index (χ2n) is 5.63. The minimum absolute atomic E-state index is 0.154. The Labute approximate surface area is 180 Å². The number of benzene rings is 1. The predicted molar refractivity (Wildman–Crippen MR) is 114 cm³/mol. The molecule has 0 saturated heterocycles. The summed E-state index contributed by atoms with van der Waals surface area (Å²) in [7, 11) is 0. The van der Waals surface area contributed by atoms with Gasteiger partial charge in [0.2, 0.25) is 5.91 Å². The summed E-state index contributed by atoms with van der Waals surface area (Å²) in [6.07, 6.45) is 3.32. The highest BCUT2D eigenvalue weighted by atomic mass is 35.5. The van der Waals surface area contributed by atoms with E-state index in [1.165, 1.54) is 23.1 Å². The number of carbonyl (C=O) groups excluding carboxylic acids is 2. The van der Waals surface area contributed by atoms with Gasteiger partial charge in [-0.1, -0.05) is 41.6 Å². The van der Waals surface area contributed by atoms with Crippen LogP contribution in [-0.2, 0) is 17.9 Å². The molecule has 0 radical (unpaired) electrons. The van der Waals surface area contributed by atoms with E-state index >= 15 is 0 Å². The standard InChI is InChI=1S/C18H17ClN6O2S2/c1-2-8-25-14(10-21-16(27)12-5-3-4-6-13(12)19)23-24-18(25)29-11-15(26)22-17-20-7-9-28-17/h2-7,9H,1,8,10-11H2,(H,21,27)(H,20,22,26). The lowest BCUT2D eigenvalue weighted by Gasteiger charge is -2.09. The molecule has 2 amide bonds. The van der Waals surface area contributed by atoms with Crippen molar-refractivity contribution < 1.29 is 9.59 Å². The number of carbonyl (C=O) groups is 2. The van der Waals surface area contributed by atoms with Crippen molar-refractivity contribution in [2.24, 2.45) is 0 Å². The highest BCUT2D eigenvalue weighted by Gasteiger charge is 2.16. The first-order chi connectivity index (χ1) is 14.1. The number of rotatable bonds is 9. The lowest BCUT2D eigenvalue weighted by molar-refractivity contribution is -0.113. The first-order valence-corrected chi connectivity index (χ1v) is 10.7. The van der Waals surface area contributed by atoms with Crippen molar-refractivity contribution in [3.8, 4) is 0 Å². The highest BCUT2D eigenvalue weighted by Crippen LogP contribution is 2.19. The van der Waals surface area contributed by atoms with Gasteiger partial charge < -0.3 is 15.2 Å². The summed E-state index contributed by atoms with van der Waals surface area (Å²) in [5.74, 6) is 0.210. The van der Waals surface area contributed by atoms with E-state index in [1.54, 1.807) is 46.5 Å². The van der Waals surface area contributed by atoms with Crippen molar-refractivity contribution in [2.45, 2.75) is 18.2 Å². The predicted octanol–water partition coefficient (Wildman–Crippen LogP) is 3.23. The van der Waals surface area contributed by atoms with Gasteiger partial charge in [0, 0.05) is 18.1 Å². The van der Waals surface area contributed by atoms with Crippen LogP contribution in [0.25, 0.3) is 0 Å². The fourth-order valence-electron chi connectivity index (χ4n) is 2.34. The molecule has 0 spiro atoms. The molecule has 2 aromatic heterocycles. The first kappa shape index (κ1) is 21.0. The Bertz CT molecular complexity index is 1010. The molecule has 0 atom stereocenters. The third-order valence-electron chi connectivity index (χ3n) is 3.64. The van der Waals surface area contributed by atoms with E-state index in [0.29, 0.717) is 33.2 Å². The Balaban J connectivity index is 1.62. The Hall–Kier alpha value is -2.69. The van der Waals surface area contributed by atoms with Crippen LogP contribution >= 0.6 is 34.7 Å². The second-order valence-corrected chi connectivity index (χ2v) is 7.88. The number of thioether (sulfide) groups is 1. The first-order valence-electron chi connectivity index (χ1n) is 8.46. The van der Waals surface area contributed by atoms with Gasteiger partial charge in [0.05, 0.1) is 22.9 Å². The summed E-state index contributed by atoms with van der Waals surface area (Å²) >= 11 is 8.65. The number of nitrogens with one attached hydrogen (secondary N) is 2. The minimum atomic E-state index is -0.305. The lowest BCUT2D eigenvalue weighted by atomic mass is 10.2. The largest absolute Gasteiger partial charge is 0.345 e. The molecule has 150 valence electrons. The fraction of sp³-hybridized carbons (Fsp3) is 0.167. The molecule has 0 saturated carbocycles. The topological polar surface area (TPSA) is 102 Å². The SMILES string of the molecule is C=CCn1c(CNC(=O)c2ccccc2Cl)nnc1SCC(=O)Nc1nccs1. The number of anilines is 1. The molecule has 3 rings (SSSR count). The van der Waals surface area contributed by atoms with Crippen LogP contribution in [0.4, 0.5) is 5.13 Å². The van der Waals surface area contributed by atoms with Crippen LogP contribution in [0.2, 0.25) is 5.02 Å². The number of allylic oxidation sites excluding steroid dienone is 1. The van der Waals surface area contributed by atoms with E-state index in [4.69, 9.17) is 11.6 Å². The highest BCUT2D eigenvalue weighted by molar-refractivity contribution is 7.99. The molecule has 2 N–H and O–H groups in total. The Kier molecular flexibility index (Phi) is 7.39. The summed E-state index contributed by atoms with van der Waals surface area (Å²) in [5.41, 5.74) is 0.386. The second kappa shape index (κ2) is 10.2. The van der Waals surface area contributed by atoms with Gasteiger partial charge in [0.15, 0.2) is 16.1 Å². The van der Waals surface area contributed by atoms with E-state index in [1.807, 2.05) is 0 Å². The van der Waals surface area contributed by atoms with E-state index in [2.05, 4.69) is 32.4 Å². The zero-order chi connectivity index (χ0) is 20.6. The summed E-state index contributed by atoms with van der Waals surface area (Å²) < 4.78 is 1.79. The van der Waals surface area contributed by atoms with Crippen LogP contribution in [0.3, 0.4) is 0 Å². The molecule has 2 heterocycles. The molecule has 8 nitrogen and oxygen atoms in total.